The minimum Gasteiger partial charge on any atom is -0.399 e. The van der Waals surface area contributed by atoms with Gasteiger partial charge in [-0.1, -0.05) is 26.8 Å². The molecule has 0 saturated carbocycles. The van der Waals surface area contributed by atoms with Gasteiger partial charge in [0, 0.05) is 23.3 Å². The van der Waals surface area contributed by atoms with Crippen LogP contribution in [0.4, 0.5) is 10.1 Å². The Balaban J connectivity index is 2.72. The van der Waals surface area contributed by atoms with Crippen LogP contribution in [0.5, 0.6) is 0 Å². The van der Waals surface area contributed by atoms with Crippen LogP contribution in [0.2, 0.25) is 0 Å². The van der Waals surface area contributed by atoms with Gasteiger partial charge >= 0.3 is 0 Å². The second-order valence-electron chi connectivity index (χ2n) is 4.55. The van der Waals surface area contributed by atoms with Gasteiger partial charge in [0.15, 0.2) is 0 Å². The van der Waals surface area contributed by atoms with Crippen molar-refractivity contribution in [1.82, 2.24) is 5.32 Å². The number of nitrogens with two attached hydrogens (primary N) is 1. The first kappa shape index (κ1) is 14.0. The van der Waals surface area contributed by atoms with Gasteiger partial charge in [-0.3, -0.25) is 0 Å². The molecule has 0 aromatic heterocycles. The van der Waals surface area contributed by atoms with Gasteiger partial charge in [0.1, 0.15) is 5.82 Å². The first-order valence-electron chi connectivity index (χ1n) is 6.35. The van der Waals surface area contributed by atoms with Crippen LogP contribution < -0.4 is 11.1 Å². The van der Waals surface area contributed by atoms with Crippen molar-refractivity contribution in [3.8, 4) is 0 Å². The maximum atomic E-state index is 13.6. The molecule has 0 bridgehead atoms. The van der Waals surface area contributed by atoms with Crippen molar-refractivity contribution in [1.29, 1.82) is 0 Å². The maximum Gasteiger partial charge on any atom is 0.129 e. The Hall–Kier alpha value is -1.09. The third kappa shape index (κ3) is 3.43. The van der Waals surface area contributed by atoms with Gasteiger partial charge < -0.3 is 11.1 Å². The van der Waals surface area contributed by atoms with Crippen molar-refractivity contribution in [3.63, 3.8) is 0 Å². The van der Waals surface area contributed by atoms with Crippen LogP contribution in [0.3, 0.4) is 0 Å². The van der Waals surface area contributed by atoms with Crippen LogP contribution in [-0.4, -0.2) is 5.54 Å². The number of anilines is 1. The number of rotatable bonds is 6. The summed E-state index contributed by atoms with van der Waals surface area (Å²) in [5.41, 5.74) is 6.80. The molecule has 0 fully saturated rings. The van der Waals surface area contributed by atoms with E-state index in [1.165, 1.54) is 6.07 Å². The number of nitrogen functional groups attached to an aromatic ring is 1. The molecule has 3 heteroatoms. The molecule has 0 aliphatic heterocycles. The standard InChI is InChI=1S/C14H23FN2/c1-4-14(5-2,6-3)17-10-11-7-8-12(16)9-13(11)15/h7-9,17H,4-6,10,16H2,1-3H3. The normalized spacial score (nSPS) is 11.8. The molecule has 0 spiro atoms. The van der Waals surface area contributed by atoms with E-state index in [1.54, 1.807) is 12.1 Å². The summed E-state index contributed by atoms with van der Waals surface area (Å²) < 4.78 is 13.6. The van der Waals surface area contributed by atoms with E-state index in [1.807, 2.05) is 0 Å². The molecule has 0 amide bonds. The molecule has 96 valence electrons. The summed E-state index contributed by atoms with van der Waals surface area (Å²) in [6, 6.07) is 4.87. The minimum absolute atomic E-state index is 0.119. The molecule has 0 aliphatic rings. The fraction of sp³-hybridized carbons (Fsp3) is 0.571. The van der Waals surface area contributed by atoms with Crippen LogP contribution in [0.25, 0.3) is 0 Å². The summed E-state index contributed by atoms with van der Waals surface area (Å²) in [6.45, 7) is 7.06. The molecule has 0 aliphatic carbocycles. The molecule has 0 heterocycles. The van der Waals surface area contributed by atoms with Gasteiger partial charge in [-0.15, -0.1) is 0 Å². The zero-order valence-corrected chi connectivity index (χ0v) is 11.0. The Morgan fingerprint density at radius 3 is 2.24 bits per heavy atom. The molecular weight excluding hydrogens is 215 g/mol. The highest BCUT2D eigenvalue weighted by Crippen LogP contribution is 2.21. The third-order valence-corrected chi connectivity index (χ3v) is 3.76. The van der Waals surface area contributed by atoms with Crippen LogP contribution in [0.15, 0.2) is 18.2 Å². The average Bonchev–Trinajstić information content (AvgIpc) is 2.33. The van der Waals surface area contributed by atoms with Gasteiger partial charge in [-0.25, -0.2) is 4.39 Å². The lowest BCUT2D eigenvalue weighted by atomic mass is 9.89. The van der Waals surface area contributed by atoms with E-state index < -0.39 is 0 Å². The molecule has 1 rings (SSSR count). The second kappa shape index (κ2) is 6.01. The molecule has 0 radical (unpaired) electrons. The maximum absolute atomic E-state index is 13.6. The lowest BCUT2D eigenvalue weighted by molar-refractivity contribution is 0.286. The van der Waals surface area contributed by atoms with Crippen molar-refractivity contribution in [2.24, 2.45) is 0 Å². The topological polar surface area (TPSA) is 38.0 Å². The summed E-state index contributed by atoms with van der Waals surface area (Å²) in [5, 5.41) is 3.48. The van der Waals surface area contributed by atoms with Gasteiger partial charge in [0.25, 0.3) is 0 Å². The highest BCUT2D eigenvalue weighted by molar-refractivity contribution is 5.40. The van der Waals surface area contributed by atoms with Crippen molar-refractivity contribution in [3.05, 3.63) is 29.6 Å². The third-order valence-electron chi connectivity index (χ3n) is 3.76. The van der Waals surface area contributed by atoms with Crippen molar-refractivity contribution < 1.29 is 4.39 Å². The van der Waals surface area contributed by atoms with E-state index in [-0.39, 0.29) is 11.4 Å². The van der Waals surface area contributed by atoms with Crippen LogP contribution >= 0.6 is 0 Å². The predicted octanol–water partition coefficient (Wildman–Crippen LogP) is 3.47. The predicted molar refractivity (Wildman–Crippen MR) is 71.3 cm³/mol. The summed E-state index contributed by atoms with van der Waals surface area (Å²) in [4.78, 5) is 0. The number of benzene rings is 1. The monoisotopic (exact) mass is 238 g/mol. The average molecular weight is 238 g/mol. The molecule has 2 nitrogen and oxygen atoms in total. The number of halogens is 1. The largest absolute Gasteiger partial charge is 0.399 e. The van der Waals surface area contributed by atoms with E-state index in [9.17, 15) is 4.39 Å². The fourth-order valence-electron chi connectivity index (χ4n) is 2.11. The molecule has 0 saturated heterocycles. The summed E-state index contributed by atoms with van der Waals surface area (Å²) >= 11 is 0. The Labute approximate surface area is 103 Å². The van der Waals surface area contributed by atoms with E-state index in [2.05, 4.69) is 26.1 Å². The highest BCUT2D eigenvalue weighted by Gasteiger charge is 2.22. The highest BCUT2D eigenvalue weighted by atomic mass is 19.1. The summed E-state index contributed by atoms with van der Waals surface area (Å²) in [5.74, 6) is -0.227. The Morgan fingerprint density at radius 1 is 1.18 bits per heavy atom. The van der Waals surface area contributed by atoms with Crippen molar-refractivity contribution in [2.45, 2.75) is 52.1 Å². The summed E-state index contributed by atoms with van der Waals surface area (Å²) in [7, 11) is 0. The van der Waals surface area contributed by atoms with Gasteiger partial charge in [0.05, 0.1) is 0 Å². The Bertz CT molecular complexity index is 351. The molecule has 1 aromatic carbocycles. The zero-order valence-electron chi connectivity index (χ0n) is 11.0. The van der Waals surface area contributed by atoms with Gasteiger partial charge in [0.2, 0.25) is 0 Å². The SMILES string of the molecule is CCC(CC)(CC)NCc1ccc(N)cc1F. The van der Waals surface area contributed by atoms with Gasteiger partial charge in [-0.05, 0) is 31.4 Å². The zero-order chi connectivity index (χ0) is 12.9. The lowest BCUT2D eigenvalue weighted by Gasteiger charge is -2.32. The molecule has 1 aromatic rings. The van der Waals surface area contributed by atoms with Crippen molar-refractivity contribution in [2.75, 3.05) is 5.73 Å². The molecular formula is C14H23FN2. The number of hydrogen-bond acceptors (Lipinski definition) is 2. The molecule has 0 atom stereocenters. The van der Waals surface area contributed by atoms with Crippen LogP contribution in [-0.2, 0) is 6.54 Å². The summed E-state index contributed by atoms with van der Waals surface area (Å²) in [6.07, 6.45) is 3.16. The fourth-order valence-corrected chi connectivity index (χ4v) is 2.11. The Kier molecular flexibility index (Phi) is 4.94. The van der Waals surface area contributed by atoms with E-state index in [4.69, 9.17) is 5.73 Å². The lowest BCUT2D eigenvalue weighted by Crippen LogP contribution is -2.43. The first-order valence-corrected chi connectivity index (χ1v) is 6.35. The molecule has 17 heavy (non-hydrogen) atoms. The van der Waals surface area contributed by atoms with Crippen molar-refractivity contribution >= 4 is 5.69 Å². The van der Waals surface area contributed by atoms with E-state index in [0.717, 1.165) is 19.3 Å². The van der Waals surface area contributed by atoms with Crippen LogP contribution in [0, 0.1) is 5.82 Å². The number of hydrogen-bond donors (Lipinski definition) is 2. The Morgan fingerprint density at radius 2 is 1.76 bits per heavy atom. The smallest absolute Gasteiger partial charge is 0.129 e. The molecule has 0 unspecified atom stereocenters. The van der Waals surface area contributed by atoms with Gasteiger partial charge in [-0.2, -0.15) is 0 Å². The first-order chi connectivity index (χ1) is 8.06. The van der Waals surface area contributed by atoms with Crippen LogP contribution in [0.1, 0.15) is 45.6 Å². The quantitative estimate of drug-likeness (QED) is 0.745. The number of nitrogens with one attached hydrogen (secondary N) is 1. The second-order valence-corrected chi connectivity index (χ2v) is 4.55. The molecule has 3 N–H and O–H groups in total. The minimum atomic E-state index is -0.227. The van der Waals surface area contributed by atoms with E-state index >= 15 is 0 Å². The van der Waals surface area contributed by atoms with E-state index in [0.29, 0.717) is 17.8 Å².